The van der Waals surface area contributed by atoms with E-state index >= 15 is 0 Å². The highest BCUT2D eigenvalue weighted by atomic mass is 14.8. The molecule has 0 fully saturated rings. The first-order chi connectivity index (χ1) is 4.80. The predicted octanol–water partition coefficient (Wildman–Crippen LogP) is 1.79. The number of allylic oxidation sites excluding steroid dienone is 2. The predicted molar refractivity (Wildman–Crippen MR) is 43.4 cm³/mol. The molecule has 0 spiro atoms. The van der Waals surface area contributed by atoms with E-state index in [1.807, 2.05) is 0 Å². The van der Waals surface area contributed by atoms with Crippen molar-refractivity contribution in [1.82, 2.24) is 0 Å². The van der Waals surface area contributed by atoms with Gasteiger partial charge in [0, 0.05) is 12.3 Å². The molecule has 0 aromatic heterocycles. The molecule has 1 rings (SSSR count). The van der Waals surface area contributed by atoms with Gasteiger partial charge in [-0.25, -0.2) is 4.99 Å². The molecule has 0 unspecified atom stereocenters. The summed E-state index contributed by atoms with van der Waals surface area (Å²) in [5, 5.41) is 0. The zero-order chi connectivity index (χ0) is 7.40. The number of aliphatic imine (C=N–C) groups is 2. The molecule has 10 heavy (non-hydrogen) atoms. The van der Waals surface area contributed by atoms with Gasteiger partial charge in [0.1, 0.15) is 0 Å². The van der Waals surface area contributed by atoms with Gasteiger partial charge < -0.3 is 0 Å². The number of hydrogen-bond donors (Lipinski definition) is 0. The third kappa shape index (κ3) is 1.67. The van der Waals surface area contributed by atoms with E-state index < -0.39 is 0 Å². The Morgan fingerprint density at radius 1 is 1.50 bits per heavy atom. The highest BCUT2D eigenvalue weighted by molar-refractivity contribution is 5.84. The topological polar surface area (TPSA) is 24.7 Å². The summed E-state index contributed by atoms with van der Waals surface area (Å²) in [5.74, 6) is 3.14. The van der Waals surface area contributed by atoms with Gasteiger partial charge in [-0.05, 0) is 11.8 Å². The van der Waals surface area contributed by atoms with Crippen molar-refractivity contribution in [2.24, 2.45) is 15.9 Å². The molecule has 0 amide bonds. The van der Waals surface area contributed by atoms with Crippen LogP contribution in [0.25, 0.3) is 0 Å². The van der Waals surface area contributed by atoms with E-state index in [9.17, 15) is 0 Å². The summed E-state index contributed by atoms with van der Waals surface area (Å²) in [5.41, 5.74) is 1.00. The molecule has 2 nitrogen and oxygen atoms in total. The Hall–Kier alpha value is -1.14. The Kier molecular flexibility index (Phi) is 2.19. The summed E-state index contributed by atoms with van der Waals surface area (Å²) in [6.07, 6.45) is 5.15. The Labute approximate surface area is 60.7 Å². The molecule has 0 aromatic carbocycles. The number of rotatable bonds is 1. The maximum Gasteiger partial charge on any atom is 0.0619 e. The van der Waals surface area contributed by atoms with Gasteiger partial charge in [-0.15, -0.1) is 0 Å². The van der Waals surface area contributed by atoms with Crippen LogP contribution in [0, 0.1) is 5.92 Å². The van der Waals surface area contributed by atoms with Gasteiger partial charge >= 0.3 is 0 Å². The number of nitrogens with zero attached hydrogens (tertiary/aromatic N) is 2. The van der Waals surface area contributed by atoms with Gasteiger partial charge in [0.25, 0.3) is 0 Å². The van der Waals surface area contributed by atoms with Gasteiger partial charge in [0.2, 0.25) is 0 Å². The van der Waals surface area contributed by atoms with Crippen molar-refractivity contribution in [3.8, 4) is 0 Å². The maximum absolute atomic E-state index is 4.15. The highest BCUT2D eigenvalue weighted by Crippen LogP contribution is 2.10. The van der Waals surface area contributed by atoms with Crippen LogP contribution in [0.4, 0.5) is 0 Å². The molecule has 0 N–H and O–H groups in total. The summed E-state index contributed by atoms with van der Waals surface area (Å²) < 4.78 is 0. The zero-order valence-electron chi connectivity index (χ0n) is 6.20. The molecule has 0 saturated carbocycles. The fourth-order valence-electron chi connectivity index (χ4n) is 0.635. The third-order valence-corrected chi connectivity index (χ3v) is 1.24. The SMILES string of the molecule is CC(C)C1=CN=C=CC=N1. The first kappa shape index (κ1) is 6.97. The van der Waals surface area contributed by atoms with Gasteiger partial charge in [-0.1, -0.05) is 13.8 Å². The van der Waals surface area contributed by atoms with E-state index in [1.54, 1.807) is 18.5 Å². The molecule has 0 aromatic rings. The van der Waals surface area contributed by atoms with Crippen molar-refractivity contribution in [1.29, 1.82) is 0 Å². The van der Waals surface area contributed by atoms with Crippen LogP contribution in [-0.4, -0.2) is 12.1 Å². The minimum Gasteiger partial charge on any atom is -0.259 e. The third-order valence-electron chi connectivity index (χ3n) is 1.24. The molecule has 1 aliphatic heterocycles. The molecule has 0 radical (unpaired) electrons. The summed E-state index contributed by atoms with van der Waals surface area (Å²) in [4.78, 5) is 8.03. The van der Waals surface area contributed by atoms with Crippen LogP contribution in [0.2, 0.25) is 0 Å². The second-order valence-corrected chi connectivity index (χ2v) is 2.41. The molecule has 0 atom stereocenters. The Morgan fingerprint density at radius 3 is 3.00 bits per heavy atom. The molecule has 0 aliphatic carbocycles. The van der Waals surface area contributed by atoms with Crippen LogP contribution in [0.15, 0.2) is 28.0 Å². The van der Waals surface area contributed by atoms with Gasteiger partial charge in [0.15, 0.2) is 0 Å². The van der Waals surface area contributed by atoms with Gasteiger partial charge in [-0.2, -0.15) is 0 Å². The minimum atomic E-state index is 0.438. The Balaban J connectivity index is 2.81. The summed E-state index contributed by atoms with van der Waals surface area (Å²) in [7, 11) is 0. The van der Waals surface area contributed by atoms with E-state index in [2.05, 4.69) is 29.7 Å². The Morgan fingerprint density at radius 2 is 2.30 bits per heavy atom. The average Bonchev–Trinajstić information content (AvgIpc) is 2.12. The minimum absolute atomic E-state index is 0.438. The monoisotopic (exact) mass is 134 g/mol. The maximum atomic E-state index is 4.15. The summed E-state index contributed by atoms with van der Waals surface area (Å²) in [6.45, 7) is 4.17. The van der Waals surface area contributed by atoms with Crippen molar-refractivity contribution in [2.75, 3.05) is 0 Å². The van der Waals surface area contributed by atoms with Crippen LogP contribution in [-0.2, 0) is 0 Å². The molecule has 0 saturated heterocycles. The van der Waals surface area contributed by atoms with Crippen LogP contribution in [0.3, 0.4) is 0 Å². The highest BCUT2D eigenvalue weighted by Gasteiger charge is 1.98. The molecule has 1 heterocycles. The fourth-order valence-corrected chi connectivity index (χ4v) is 0.635. The van der Waals surface area contributed by atoms with E-state index in [0.29, 0.717) is 5.92 Å². The van der Waals surface area contributed by atoms with Crippen molar-refractivity contribution in [2.45, 2.75) is 13.8 Å². The largest absolute Gasteiger partial charge is 0.259 e. The molecule has 1 aliphatic rings. The van der Waals surface area contributed by atoms with Gasteiger partial charge in [-0.3, -0.25) is 4.99 Å². The fraction of sp³-hybridized carbons (Fsp3) is 0.375. The van der Waals surface area contributed by atoms with Crippen LogP contribution in [0.5, 0.6) is 0 Å². The van der Waals surface area contributed by atoms with Crippen LogP contribution < -0.4 is 0 Å². The molecule has 0 bridgehead atoms. The molecular weight excluding hydrogens is 124 g/mol. The lowest BCUT2D eigenvalue weighted by atomic mass is 10.1. The summed E-state index contributed by atoms with van der Waals surface area (Å²) >= 11 is 0. The first-order valence-electron chi connectivity index (χ1n) is 3.32. The van der Waals surface area contributed by atoms with Crippen molar-refractivity contribution in [3.05, 3.63) is 18.0 Å². The molecule has 52 valence electrons. The van der Waals surface area contributed by atoms with Crippen LogP contribution >= 0.6 is 0 Å². The van der Waals surface area contributed by atoms with Crippen molar-refractivity contribution in [3.63, 3.8) is 0 Å². The molecule has 2 heteroatoms. The van der Waals surface area contributed by atoms with E-state index in [-0.39, 0.29) is 0 Å². The van der Waals surface area contributed by atoms with Crippen molar-refractivity contribution >= 4 is 12.1 Å². The lowest BCUT2D eigenvalue weighted by molar-refractivity contribution is 0.756. The standard InChI is InChI=1S/C8H10N2/c1-7(2)8-6-9-4-3-5-10-8/h3,5-7H,1-2H3. The summed E-state index contributed by atoms with van der Waals surface area (Å²) in [6, 6.07) is 0. The lowest BCUT2D eigenvalue weighted by Crippen LogP contribution is -1.89. The average molecular weight is 134 g/mol. The second kappa shape index (κ2) is 3.14. The van der Waals surface area contributed by atoms with E-state index in [1.165, 1.54) is 0 Å². The quantitative estimate of drug-likeness (QED) is 0.522. The number of hydrogen-bond acceptors (Lipinski definition) is 2. The van der Waals surface area contributed by atoms with E-state index in [4.69, 9.17) is 0 Å². The van der Waals surface area contributed by atoms with Crippen molar-refractivity contribution < 1.29 is 0 Å². The van der Waals surface area contributed by atoms with Crippen LogP contribution in [0.1, 0.15) is 13.8 Å². The normalized spacial score (nSPS) is 15.7. The Bertz CT molecular complexity index is 228. The lowest BCUT2D eigenvalue weighted by Gasteiger charge is -2.00. The first-order valence-corrected chi connectivity index (χ1v) is 3.32. The smallest absolute Gasteiger partial charge is 0.0619 e. The zero-order valence-corrected chi connectivity index (χ0v) is 6.20. The molecular formula is C8H10N2. The van der Waals surface area contributed by atoms with E-state index in [0.717, 1.165) is 5.70 Å². The second-order valence-electron chi connectivity index (χ2n) is 2.41. The van der Waals surface area contributed by atoms with Gasteiger partial charge in [0.05, 0.1) is 11.9 Å².